The highest BCUT2D eigenvalue weighted by molar-refractivity contribution is 6.34. The van der Waals surface area contributed by atoms with Gasteiger partial charge in [0.15, 0.2) is 23.0 Å². The Bertz CT molecular complexity index is 2060. The summed E-state index contributed by atoms with van der Waals surface area (Å²) < 4.78 is 32.5. The molecule has 0 spiro atoms. The van der Waals surface area contributed by atoms with E-state index in [0.29, 0.717) is 44.1 Å². The molecule has 48 heavy (non-hydrogen) atoms. The molecular formula is C35H30ClN3O9. The molecule has 0 aliphatic carbocycles. The van der Waals surface area contributed by atoms with E-state index in [4.69, 9.17) is 40.0 Å². The second-order valence-corrected chi connectivity index (χ2v) is 10.4. The highest BCUT2D eigenvalue weighted by Gasteiger charge is 2.25. The predicted molar refractivity (Wildman–Crippen MR) is 179 cm³/mol. The second kappa shape index (κ2) is 14.6. The van der Waals surface area contributed by atoms with Crippen molar-refractivity contribution in [2.45, 2.75) is 6.92 Å². The summed E-state index contributed by atoms with van der Waals surface area (Å²) in [7, 11) is 5.87. The molecule has 0 atom stereocenters. The molecule has 1 heterocycles. The Morgan fingerprint density at radius 3 is 2.06 bits per heavy atom. The molecule has 0 saturated heterocycles. The number of aromatic amines is 1. The minimum atomic E-state index is -0.699. The molecule has 12 nitrogen and oxygen atoms in total. The number of aromatic nitrogens is 1. The van der Waals surface area contributed by atoms with Gasteiger partial charge in [0.05, 0.1) is 51.1 Å². The molecule has 5 aromatic rings. The molecule has 4 aromatic carbocycles. The van der Waals surface area contributed by atoms with E-state index in [9.17, 15) is 14.4 Å². The monoisotopic (exact) mass is 671 g/mol. The summed E-state index contributed by atoms with van der Waals surface area (Å²) in [5, 5.41) is 5.19. The number of amides is 1. The Balaban J connectivity index is 1.38. The number of nitrogens with zero attached hydrogens (tertiary/aromatic N) is 1. The average Bonchev–Trinajstić information content (AvgIpc) is 3.49. The van der Waals surface area contributed by atoms with E-state index in [1.54, 1.807) is 42.5 Å². The van der Waals surface area contributed by atoms with Crippen molar-refractivity contribution >= 4 is 46.6 Å². The number of rotatable bonds is 11. The maximum Gasteiger partial charge on any atom is 0.343 e. The van der Waals surface area contributed by atoms with Gasteiger partial charge in [-0.05, 0) is 60.2 Å². The number of esters is 2. The molecule has 0 fully saturated rings. The Hall–Kier alpha value is -6.01. The van der Waals surface area contributed by atoms with E-state index in [0.717, 1.165) is 0 Å². The van der Waals surface area contributed by atoms with Gasteiger partial charge in [0, 0.05) is 23.1 Å². The van der Waals surface area contributed by atoms with Crippen LogP contribution in [0.4, 0.5) is 0 Å². The molecule has 13 heteroatoms. The number of hydrogen-bond acceptors (Lipinski definition) is 10. The Kier molecular flexibility index (Phi) is 10.2. The molecule has 0 unspecified atom stereocenters. The van der Waals surface area contributed by atoms with Crippen molar-refractivity contribution in [3.63, 3.8) is 0 Å². The third kappa shape index (κ3) is 6.88. The molecule has 0 bridgehead atoms. The molecule has 0 aliphatic rings. The number of benzene rings is 4. The third-order valence-corrected chi connectivity index (χ3v) is 7.44. The van der Waals surface area contributed by atoms with Crippen LogP contribution in [0.15, 0.2) is 77.9 Å². The first kappa shape index (κ1) is 33.4. The Morgan fingerprint density at radius 2 is 1.38 bits per heavy atom. The van der Waals surface area contributed by atoms with Gasteiger partial charge in [0.25, 0.3) is 5.91 Å². The Morgan fingerprint density at radius 1 is 0.750 bits per heavy atom. The maximum absolute atomic E-state index is 13.6. The van der Waals surface area contributed by atoms with Crippen LogP contribution < -0.4 is 33.8 Å². The lowest BCUT2D eigenvalue weighted by atomic mass is 10.0. The first-order chi connectivity index (χ1) is 23.2. The normalized spacial score (nSPS) is 10.9. The zero-order valence-corrected chi connectivity index (χ0v) is 27.3. The maximum atomic E-state index is 13.6. The summed E-state index contributed by atoms with van der Waals surface area (Å²) in [5.74, 6) is -0.0283. The van der Waals surface area contributed by atoms with Crippen molar-refractivity contribution in [1.29, 1.82) is 0 Å². The van der Waals surface area contributed by atoms with Gasteiger partial charge in [-0.2, -0.15) is 5.10 Å². The van der Waals surface area contributed by atoms with E-state index < -0.39 is 17.8 Å². The predicted octanol–water partition coefficient (Wildman–Crippen LogP) is 6.43. The van der Waals surface area contributed by atoms with Crippen LogP contribution in [-0.2, 0) is 4.79 Å². The van der Waals surface area contributed by atoms with Crippen molar-refractivity contribution in [2.75, 3.05) is 28.4 Å². The van der Waals surface area contributed by atoms with Gasteiger partial charge in [-0.1, -0.05) is 29.8 Å². The molecule has 1 amide bonds. The quantitative estimate of drug-likeness (QED) is 0.0702. The minimum absolute atomic E-state index is 0.136. The van der Waals surface area contributed by atoms with Crippen LogP contribution in [0.2, 0.25) is 5.02 Å². The van der Waals surface area contributed by atoms with Crippen LogP contribution in [0.1, 0.15) is 33.3 Å². The zero-order valence-electron chi connectivity index (χ0n) is 26.5. The number of H-pyrrole nitrogens is 1. The van der Waals surface area contributed by atoms with Gasteiger partial charge < -0.3 is 33.4 Å². The number of methoxy groups -OCH3 is 4. The highest BCUT2D eigenvalue weighted by atomic mass is 35.5. The molecule has 0 aliphatic heterocycles. The number of ether oxygens (including phenoxy) is 6. The summed E-state index contributed by atoms with van der Waals surface area (Å²) in [6, 6.07) is 19.6. The van der Waals surface area contributed by atoms with Crippen LogP contribution in [0.3, 0.4) is 0 Å². The van der Waals surface area contributed by atoms with Crippen molar-refractivity contribution < 1.29 is 42.8 Å². The lowest BCUT2D eigenvalue weighted by Crippen LogP contribution is -2.19. The summed E-state index contributed by atoms with van der Waals surface area (Å²) in [6.45, 7) is 1.26. The van der Waals surface area contributed by atoms with E-state index in [2.05, 4.69) is 15.5 Å². The van der Waals surface area contributed by atoms with Crippen LogP contribution in [0, 0.1) is 0 Å². The lowest BCUT2D eigenvalue weighted by Gasteiger charge is -2.12. The number of hydrogen-bond donors (Lipinski definition) is 2. The summed E-state index contributed by atoms with van der Waals surface area (Å²) in [6.07, 6.45) is 1.41. The number of carbonyl (C=O) groups excluding carboxylic acids is 3. The number of nitrogens with one attached hydrogen (secondary N) is 2. The molecule has 246 valence electrons. The van der Waals surface area contributed by atoms with Gasteiger partial charge in [0.1, 0.15) is 17.2 Å². The van der Waals surface area contributed by atoms with Gasteiger partial charge in [0.2, 0.25) is 0 Å². The third-order valence-electron chi connectivity index (χ3n) is 7.11. The molecule has 0 radical (unpaired) electrons. The van der Waals surface area contributed by atoms with E-state index in [1.165, 1.54) is 65.8 Å². The van der Waals surface area contributed by atoms with Crippen molar-refractivity contribution in [3.05, 3.63) is 94.6 Å². The fourth-order valence-corrected chi connectivity index (χ4v) is 5.19. The molecule has 5 rings (SSSR count). The van der Waals surface area contributed by atoms with Crippen LogP contribution in [0.25, 0.3) is 22.0 Å². The van der Waals surface area contributed by atoms with E-state index in [-0.39, 0.29) is 34.3 Å². The van der Waals surface area contributed by atoms with Gasteiger partial charge in [-0.25, -0.2) is 10.2 Å². The fraction of sp³-hybridized carbons (Fsp3) is 0.143. The van der Waals surface area contributed by atoms with Crippen molar-refractivity contribution in [2.24, 2.45) is 5.10 Å². The second-order valence-electron chi connectivity index (χ2n) is 10.0. The standard InChI is InChI=1S/C35H30ClN3O9/c1-19(40)47-24-13-11-21(17-29(24)46-5)35(42)48-25-12-10-20(16-28(25)45-4)18-37-39-34(41)33-30(22-8-6-7-9-23(22)36)31-26(43-2)14-15-27(44-3)32(31)38-33/h6-18,38H,1-5H3,(H,39,41). The van der Waals surface area contributed by atoms with Crippen LogP contribution >= 0.6 is 11.6 Å². The molecule has 0 saturated carbocycles. The van der Waals surface area contributed by atoms with Crippen LogP contribution in [-0.4, -0.2) is 57.5 Å². The van der Waals surface area contributed by atoms with E-state index in [1.807, 2.05) is 6.07 Å². The first-order valence-electron chi connectivity index (χ1n) is 14.3. The molecular weight excluding hydrogens is 642 g/mol. The van der Waals surface area contributed by atoms with E-state index >= 15 is 0 Å². The zero-order chi connectivity index (χ0) is 34.4. The summed E-state index contributed by atoms with van der Waals surface area (Å²) in [4.78, 5) is 41.0. The number of carbonyl (C=O) groups is 3. The van der Waals surface area contributed by atoms with Crippen molar-refractivity contribution in [1.82, 2.24) is 10.4 Å². The summed E-state index contributed by atoms with van der Waals surface area (Å²) in [5.41, 5.74) is 5.11. The molecule has 2 N–H and O–H groups in total. The lowest BCUT2D eigenvalue weighted by molar-refractivity contribution is -0.132. The van der Waals surface area contributed by atoms with Crippen LogP contribution in [0.5, 0.6) is 34.5 Å². The minimum Gasteiger partial charge on any atom is -0.496 e. The van der Waals surface area contributed by atoms with Gasteiger partial charge in [-0.15, -0.1) is 0 Å². The topological polar surface area (TPSA) is 147 Å². The average molecular weight is 672 g/mol. The highest BCUT2D eigenvalue weighted by Crippen LogP contribution is 2.44. The number of hydrazone groups is 1. The van der Waals surface area contributed by atoms with Crippen molar-refractivity contribution in [3.8, 4) is 45.6 Å². The molecule has 1 aromatic heterocycles. The van der Waals surface area contributed by atoms with Gasteiger partial charge >= 0.3 is 11.9 Å². The first-order valence-corrected chi connectivity index (χ1v) is 14.7. The number of halogens is 1. The van der Waals surface area contributed by atoms with Gasteiger partial charge in [-0.3, -0.25) is 9.59 Å². The SMILES string of the molecule is COc1cc(C(=O)Oc2ccc(C=NNC(=O)c3[nH]c4c(OC)ccc(OC)c4c3-c3ccccc3Cl)cc2OC)ccc1OC(C)=O. The largest absolute Gasteiger partial charge is 0.496 e. The fourth-order valence-electron chi connectivity index (χ4n) is 4.96. The summed E-state index contributed by atoms with van der Waals surface area (Å²) >= 11 is 6.58. The smallest absolute Gasteiger partial charge is 0.343 e. The Labute approximate surface area is 280 Å². The number of fused-ring (bicyclic) bond motifs is 1.